The van der Waals surface area contributed by atoms with E-state index in [9.17, 15) is 18.0 Å². The first kappa shape index (κ1) is 21.0. The maximum absolute atomic E-state index is 12.4. The molecule has 1 aromatic carbocycles. The Morgan fingerprint density at radius 2 is 1.93 bits per heavy atom. The summed E-state index contributed by atoms with van der Waals surface area (Å²) in [5.74, 6) is -1.72. The SMILES string of the molecule is CCOC(=O)c1cc(N)n(S(=O)(=O)CCNC(=O)c2cc(-c3ccccc3)on2)n1. The van der Waals surface area contributed by atoms with Crippen LogP contribution in [0.4, 0.5) is 5.82 Å². The second kappa shape index (κ2) is 8.78. The quantitative estimate of drug-likeness (QED) is 0.492. The van der Waals surface area contributed by atoms with Crippen molar-refractivity contribution in [2.45, 2.75) is 6.92 Å². The first-order valence-electron chi connectivity index (χ1n) is 8.88. The number of nitrogens with one attached hydrogen (secondary N) is 1. The van der Waals surface area contributed by atoms with E-state index in [2.05, 4.69) is 15.6 Å². The normalized spacial score (nSPS) is 11.2. The van der Waals surface area contributed by atoms with Crippen molar-refractivity contribution >= 4 is 27.7 Å². The molecule has 0 radical (unpaired) electrons. The van der Waals surface area contributed by atoms with Crippen LogP contribution >= 0.6 is 0 Å². The molecule has 30 heavy (non-hydrogen) atoms. The lowest BCUT2D eigenvalue weighted by atomic mass is 10.1. The number of rotatable bonds is 8. The van der Waals surface area contributed by atoms with Crippen LogP contribution in [0.3, 0.4) is 0 Å². The van der Waals surface area contributed by atoms with Crippen LogP contribution in [0, 0.1) is 0 Å². The van der Waals surface area contributed by atoms with Gasteiger partial charge in [0.15, 0.2) is 17.1 Å². The number of ether oxygens (including phenoxy) is 1. The largest absolute Gasteiger partial charge is 0.461 e. The highest BCUT2D eigenvalue weighted by molar-refractivity contribution is 7.89. The highest BCUT2D eigenvalue weighted by Crippen LogP contribution is 2.19. The number of carbonyl (C=O) groups is 2. The molecular weight excluding hydrogens is 414 g/mol. The first-order chi connectivity index (χ1) is 14.3. The van der Waals surface area contributed by atoms with Gasteiger partial charge in [0, 0.05) is 24.2 Å². The fourth-order valence-corrected chi connectivity index (χ4v) is 3.62. The molecule has 1 amide bonds. The molecule has 3 N–H and O–H groups in total. The molecule has 3 aromatic rings. The molecule has 12 heteroatoms. The molecule has 0 spiro atoms. The minimum absolute atomic E-state index is 0.00875. The molecule has 0 atom stereocenters. The maximum Gasteiger partial charge on any atom is 0.358 e. The number of hydrogen-bond acceptors (Lipinski definition) is 9. The lowest BCUT2D eigenvalue weighted by molar-refractivity contribution is 0.0519. The smallest absolute Gasteiger partial charge is 0.358 e. The molecule has 11 nitrogen and oxygen atoms in total. The van der Waals surface area contributed by atoms with Crippen molar-refractivity contribution in [2.75, 3.05) is 24.6 Å². The lowest BCUT2D eigenvalue weighted by Crippen LogP contribution is -2.32. The van der Waals surface area contributed by atoms with E-state index in [0.29, 0.717) is 9.85 Å². The first-order valence-corrected chi connectivity index (χ1v) is 10.5. The Morgan fingerprint density at radius 3 is 2.63 bits per heavy atom. The van der Waals surface area contributed by atoms with Gasteiger partial charge >= 0.3 is 5.97 Å². The molecule has 158 valence electrons. The Bertz CT molecular complexity index is 1150. The standard InChI is InChI=1S/C18H19N5O6S/c1-2-28-18(25)14-11-16(19)23(21-14)30(26,27)9-8-20-17(24)13-10-15(29-22-13)12-6-4-3-5-7-12/h3-7,10-11H,2,8-9,19H2,1H3,(H,20,24). The third kappa shape index (κ3) is 4.66. The Balaban J connectivity index is 1.61. The minimum Gasteiger partial charge on any atom is -0.461 e. The number of amides is 1. The van der Waals surface area contributed by atoms with Crippen molar-refractivity contribution in [3.05, 3.63) is 53.9 Å². The predicted octanol–water partition coefficient (Wildman–Crippen LogP) is 0.905. The van der Waals surface area contributed by atoms with Gasteiger partial charge in [0.1, 0.15) is 5.82 Å². The third-order valence-electron chi connectivity index (χ3n) is 3.90. The Kier molecular flexibility index (Phi) is 6.16. The highest BCUT2D eigenvalue weighted by Gasteiger charge is 2.23. The number of esters is 1. The van der Waals surface area contributed by atoms with Crippen LogP contribution in [-0.2, 0) is 14.8 Å². The molecule has 2 heterocycles. The molecule has 0 bridgehead atoms. The molecule has 0 aliphatic rings. The summed E-state index contributed by atoms with van der Waals surface area (Å²) >= 11 is 0. The number of hydrogen-bond donors (Lipinski definition) is 2. The van der Waals surface area contributed by atoms with Gasteiger partial charge in [-0.25, -0.2) is 13.2 Å². The number of nitrogen functional groups attached to an aromatic ring is 1. The average Bonchev–Trinajstić information content (AvgIpc) is 3.36. The van der Waals surface area contributed by atoms with E-state index >= 15 is 0 Å². The molecule has 2 aromatic heterocycles. The topological polar surface area (TPSA) is 159 Å². The summed E-state index contributed by atoms with van der Waals surface area (Å²) in [6.45, 7) is 1.48. The zero-order chi connectivity index (χ0) is 21.7. The van der Waals surface area contributed by atoms with Gasteiger partial charge in [-0.1, -0.05) is 35.5 Å². The van der Waals surface area contributed by atoms with Gasteiger partial charge in [-0.05, 0) is 6.92 Å². The summed E-state index contributed by atoms with van der Waals surface area (Å²) in [5, 5.41) is 9.82. The van der Waals surface area contributed by atoms with Gasteiger partial charge in [0.25, 0.3) is 15.9 Å². The highest BCUT2D eigenvalue weighted by atomic mass is 32.2. The summed E-state index contributed by atoms with van der Waals surface area (Å²) in [4.78, 5) is 23.9. The second-order valence-electron chi connectivity index (χ2n) is 6.03. The lowest BCUT2D eigenvalue weighted by Gasteiger charge is -2.06. The molecule has 0 aliphatic carbocycles. The Labute approximate surface area is 171 Å². The van der Waals surface area contributed by atoms with E-state index in [1.54, 1.807) is 19.1 Å². The summed E-state index contributed by atoms with van der Waals surface area (Å²) in [7, 11) is -4.02. The number of aromatic nitrogens is 3. The fourth-order valence-electron chi connectivity index (χ4n) is 2.50. The van der Waals surface area contributed by atoms with Crippen LogP contribution in [0.5, 0.6) is 0 Å². The molecular formula is C18H19N5O6S. The van der Waals surface area contributed by atoms with Gasteiger partial charge in [-0.15, -0.1) is 9.19 Å². The van der Waals surface area contributed by atoms with E-state index in [4.69, 9.17) is 15.0 Å². The summed E-state index contributed by atoms with van der Waals surface area (Å²) in [5.41, 5.74) is 6.18. The van der Waals surface area contributed by atoms with Gasteiger partial charge in [-0.2, -0.15) is 0 Å². The maximum atomic E-state index is 12.4. The molecule has 0 saturated carbocycles. The predicted molar refractivity (Wildman–Crippen MR) is 106 cm³/mol. The number of anilines is 1. The molecule has 0 aliphatic heterocycles. The average molecular weight is 433 g/mol. The molecule has 3 rings (SSSR count). The van der Waals surface area contributed by atoms with Gasteiger partial charge < -0.3 is 20.3 Å². The number of benzene rings is 1. The van der Waals surface area contributed by atoms with Crippen LogP contribution in [0.1, 0.15) is 27.9 Å². The van der Waals surface area contributed by atoms with E-state index in [1.165, 1.54) is 6.07 Å². The Hall–Kier alpha value is -3.67. The van der Waals surface area contributed by atoms with Crippen molar-refractivity contribution in [3.63, 3.8) is 0 Å². The van der Waals surface area contributed by atoms with Gasteiger partial charge in [0.05, 0.1) is 12.4 Å². The second-order valence-corrected chi connectivity index (χ2v) is 7.95. The summed E-state index contributed by atoms with van der Waals surface area (Å²) < 4.78 is 35.3. The van der Waals surface area contributed by atoms with Gasteiger partial charge in [0.2, 0.25) is 0 Å². The van der Waals surface area contributed by atoms with E-state index < -0.39 is 27.7 Å². The number of nitrogens with two attached hydrogens (primary N) is 1. The van der Waals surface area contributed by atoms with Crippen LogP contribution in [0.25, 0.3) is 11.3 Å². The van der Waals surface area contributed by atoms with Crippen molar-refractivity contribution in [3.8, 4) is 11.3 Å². The van der Waals surface area contributed by atoms with E-state index in [0.717, 1.165) is 11.6 Å². The van der Waals surface area contributed by atoms with Crippen LogP contribution < -0.4 is 11.1 Å². The minimum atomic E-state index is -4.02. The number of carbonyl (C=O) groups excluding carboxylic acids is 2. The van der Waals surface area contributed by atoms with Crippen molar-refractivity contribution in [1.82, 2.24) is 19.7 Å². The monoisotopic (exact) mass is 433 g/mol. The van der Waals surface area contributed by atoms with Crippen LogP contribution in [0.2, 0.25) is 0 Å². The molecule has 0 fully saturated rings. The van der Waals surface area contributed by atoms with E-state index in [1.807, 2.05) is 18.2 Å². The van der Waals surface area contributed by atoms with Crippen LogP contribution in [0.15, 0.2) is 47.0 Å². The summed E-state index contributed by atoms with van der Waals surface area (Å²) in [6, 6.07) is 11.6. The zero-order valence-electron chi connectivity index (χ0n) is 15.9. The molecule has 0 unspecified atom stereocenters. The van der Waals surface area contributed by atoms with Crippen molar-refractivity contribution in [2.24, 2.45) is 0 Å². The van der Waals surface area contributed by atoms with Crippen LogP contribution in [-0.4, -0.2) is 53.5 Å². The fraction of sp³-hybridized carbons (Fsp3) is 0.222. The number of nitrogens with zero attached hydrogens (tertiary/aromatic N) is 3. The van der Waals surface area contributed by atoms with Crippen molar-refractivity contribution in [1.29, 1.82) is 0 Å². The summed E-state index contributed by atoms with van der Waals surface area (Å²) in [6.07, 6.45) is 0. The zero-order valence-corrected chi connectivity index (χ0v) is 16.8. The Morgan fingerprint density at radius 1 is 1.20 bits per heavy atom. The van der Waals surface area contributed by atoms with E-state index in [-0.39, 0.29) is 30.4 Å². The third-order valence-corrected chi connectivity index (χ3v) is 5.44. The molecule has 0 saturated heterocycles. The van der Waals surface area contributed by atoms with Crippen molar-refractivity contribution < 1.29 is 27.3 Å². The van der Waals surface area contributed by atoms with Gasteiger partial charge in [-0.3, -0.25) is 4.79 Å².